The number of aromatic carboxylic acids is 1. The Hall–Kier alpha value is -2.49. The van der Waals surface area contributed by atoms with Gasteiger partial charge >= 0.3 is 5.97 Å². The standard InChI is InChI=1S/C16H18N2O2/c1-2-6-11-7-3-4-9-13(11)18-14-10-5-8-12(15(14)17)16(19)20/h3-5,7-10,18H,2,6,17H2,1H3,(H,19,20). The molecule has 4 N–H and O–H groups in total. The molecule has 0 saturated heterocycles. The average Bonchev–Trinajstić information content (AvgIpc) is 2.43. The number of rotatable bonds is 5. The van der Waals surface area contributed by atoms with Crippen LogP contribution in [-0.4, -0.2) is 11.1 Å². The van der Waals surface area contributed by atoms with Gasteiger partial charge in [-0.2, -0.15) is 0 Å². The van der Waals surface area contributed by atoms with E-state index in [0.717, 1.165) is 18.5 Å². The number of nitrogens with two attached hydrogens (primary N) is 1. The van der Waals surface area contributed by atoms with Crippen LogP contribution in [0.25, 0.3) is 0 Å². The third-order valence-electron chi connectivity index (χ3n) is 3.14. The van der Waals surface area contributed by atoms with Crippen LogP contribution >= 0.6 is 0 Å². The van der Waals surface area contributed by atoms with Gasteiger partial charge in [0.2, 0.25) is 0 Å². The predicted molar refractivity (Wildman–Crippen MR) is 81.5 cm³/mol. The molecule has 2 rings (SSSR count). The molecule has 0 heterocycles. The lowest BCUT2D eigenvalue weighted by Crippen LogP contribution is -2.06. The first kappa shape index (κ1) is 13.9. The number of benzene rings is 2. The average molecular weight is 270 g/mol. The molecule has 0 spiro atoms. The minimum atomic E-state index is -1.02. The van der Waals surface area contributed by atoms with Crippen molar-refractivity contribution in [2.75, 3.05) is 11.1 Å². The second-order valence-corrected chi connectivity index (χ2v) is 4.60. The molecule has 4 heteroatoms. The van der Waals surface area contributed by atoms with Crippen LogP contribution in [0.15, 0.2) is 42.5 Å². The Bertz CT molecular complexity index is 624. The Kier molecular flexibility index (Phi) is 4.25. The van der Waals surface area contributed by atoms with Crippen LogP contribution < -0.4 is 11.1 Å². The fourth-order valence-corrected chi connectivity index (χ4v) is 2.14. The van der Waals surface area contributed by atoms with Gasteiger partial charge in [0.05, 0.1) is 16.9 Å². The number of carbonyl (C=O) groups is 1. The molecular formula is C16H18N2O2. The summed E-state index contributed by atoms with van der Waals surface area (Å²) in [6, 6.07) is 12.9. The van der Waals surface area contributed by atoms with Crippen LogP contribution in [0.3, 0.4) is 0 Å². The molecule has 2 aromatic carbocycles. The molecule has 2 aromatic rings. The zero-order valence-corrected chi connectivity index (χ0v) is 11.4. The van der Waals surface area contributed by atoms with E-state index in [1.54, 1.807) is 12.1 Å². The molecule has 0 aromatic heterocycles. The maximum atomic E-state index is 11.1. The van der Waals surface area contributed by atoms with Gasteiger partial charge in [-0.1, -0.05) is 37.6 Å². The van der Waals surface area contributed by atoms with Crippen LogP contribution in [0.5, 0.6) is 0 Å². The van der Waals surface area contributed by atoms with Crippen molar-refractivity contribution in [3.8, 4) is 0 Å². The van der Waals surface area contributed by atoms with Crippen LogP contribution in [0.4, 0.5) is 17.1 Å². The van der Waals surface area contributed by atoms with Gasteiger partial charge in [-0.3, -0.25) is 0 Å². The number of nitrogens with one attached hydrogen (secondary N) is 1. The fraction of sp³-hybridized carbons (Fsp3) is 0.188. The molecule has 0 saturated carbocycles. The van der Waals surface area contributed by atoms with Crippen molar-refractivity contribution in [1.29, 1.82) is 0 Å². The van der Waals surface area contributed by atoms with Crippen molar-refractivity contribution in [1.82, 2.24) is 0 Å². The van der Waals surface area contributed by atoms with Crippen LogP contribution in [0, 0.1) is 0 Å². The number of anilines is 3. The summed E-state index contributed by atoms with van der Waals surface area (Å²) < 4.78 is 0. The number of aryl methyl sites for hydroxylation is 1. The highest BCUT2D eigenvalue weighted by atomic mass is 16.4. The van der Waals surface area contributed by atoms with E-state index < -0.39 is 5.97 Å². The Morgan fingerprint density at radius 3 is 2.55 bits per heavy atom. The summed E-state index contributed by atoms with van der Waals surface area (Å²) in [5, 5.41) is 12.3. The van der Waals surface area contributed by atoms with Crippen LogP contribution in [0.2, 0.25) is 0 Å². The minimum absolute atomic E-state index is 0.114. The summed E-state index contributed by atoms with van der Waals surface area (Å²) in [4.78, 5) is 11.1. The Morgan fingerprint density at radius 2 is 1.85 bits per heavy atom. The highest BCUT2D eigenvalue weighted by Crippen LogP contribution is 2.28. The lowest BCUT2D eigenvalue weighted by molar-refractivity contribution is 0.0698. The Morgan fingerprint density at radius 1 is 1.15 bits per heavy atom. The molecule has 0 amide bonds. The highest BCUT2D eigenvalue weighted by molar-refractivity contribution is 5.97. The molecule has 0 aliphatic heterocycles. The van der Waals surface area contributed by atoms with Crippen LogP contribution in [0.1, 0.15) is 29.3 Å². The number of carboxylic acid groups (broad SMARTS) is 1. The van der Waals surface area contributed by atoms with E-state index in [1.807, 2.05) is 18.2 Å². The predicted octanol–water partition coefficient (Wildman–Crippen LogP) is 3.66. The first-order valence-electron chi connectivity index (χ1n) is 6.60. The van der Waals surface area contributed by atoms with Crippen molar-refractivity contribution >= 4 is 23.0 Å². The summed E-state index contributed by atoms with van der Waals surface area (Å²) in [5.41, 5.74) is 9.05. The summed E-state index contributed by atoms with van der Waals surface area (Å²) in [7, 11) is 0. The molecule has 0 unspecified atom stereocenters. The third-order valence-corrected chi connectivity index (χ3v) is 3.14. The third kappa shape index (κ3) is 2.91. The first-order chi connectivity index (χ1) is 9.63. The van der Waals surface area contributed by atoms with E-state index >= 15 is 0 Å². The molecule has 0 aliphatic rings. The number of hydrogen-bond acceptors (Lipinski definition) is 3. The SMILES string of the molecule is CCCc1ccccc1Nc1cccc(C(=O)O)c1N. The summed E-state index contributed by atoms with van der Waals surface area (Å²) in [6.07, 6.45) is 2.01. The Labute approximate surface area is 118 Å². The molecule has 20 heavy (non-hydrogen) atoms. The minimum Gasteiger partial charge on any atom is -0.478 e. The molecule has 0 radical (unpaired) electrons. The molecular weight excluding hydrogens is 252 g/mol. The number of carboxylic acids is 1. The topological polar surface area (TPSA) is 75.3 Å². The largest absolute Gasteiger partial charge is 0.478 e. The molecule has 0 atom stereocenters. The summed E-state index contributed by atoms with van der Waals surface area (Å²) >= 11 is 0. The number of hydrogen-bond donors (Lipinski definition) is 3. The molecule has 4 nitrogen and oxygen atoms in total. The molecule has 0 fully saturated rings. The lowest BCUT2D eigenvalue weighted by Gasteiger charge is -2.14. The van der Waals surface area contributed by atoms with Gasteiger partial charge in [0.25, 0.3) is 0 Å². The second kappa shape index (κ2) is 6.10. The smallest absolute Gasteiger partial charge is 0.337 e. The Balaban J connectivity index is 2.35. The number of nitrogen functional groups attached to an aromatic ring is 1. The van der Waals surface area contributed by atoms with E-state index in [1.165, 1.54) is 11.6 Å². The van der Waals surface area contributed by atoms with Crippen molar-refractivity contribution in [3.63, 3.8) is 0 Å². The lowest BCUT2D eigenvalue weighted by atomic mass is 10.1. The summed E-state index contributed by atoms with van der Waals surface area (Å²) in [6.45, 7) is 2.12. The second-order valence-electron chi connectivity index (χ2n) is 4.60. The maximum absolute atomic E-state index is 11.1. The van der Waals surface area contributed by atoms with Gasteiger partial charge in [0, 0.05) is 5.69 Å². The maximum Gasteiger partial charge on any atom is 0.337 e. The quantitative estimate of drug-likeness (QED) is 0.725. The first-order valence-corrected chi connectivity index (χ1v) is 6.60. The van der Waals surface area contributed by atoms with E-state index in [-0.39, 0.29) is 11.3 Å². The van der Waals surface area contributed by atoms with E-state index in [9.17, 15) is 4.79 Å². The van der Waals surface area contributed by atoms with Gasteiger partial charge in [-0.05, 0) is 30.2 Å². The fourth-order valence-electron chi connectivity index (χ4n) is 2.14. The van der Waals surface area contributed by atoms with Crippen LogP contribution in [-0.2, 0) is 6.42 Å². The van der Waals surface area contributed by atoms with Crippen molar-refractivity contribution in [2.45, 2.75) is 19.8 Å². The van der Waals surface area contributed by atoms with Crippen molar-refractivity contribution in [2.24, 2.45) is 0 Å². The molecule has 0 bridgehead atoms. The van der Waals surface area contributed by atoms with E-state index in [0.29, 0.717) is 5.69 Å². The van der Waals surface area contributed by atoms with Gasteiger partial charge in [0.1, 0.15) is 0 Å². The zero-order valence-electron chi connectivity index (χ0n) is 11.4. The van der Waals surface area contributed by atoms with E-state index in [2.05, 4.69) is 18.3 Å². The normalized spacial score (nSPS) is 10.2. The molecule has 0 aliphatic carbocycles. The van der Waals surface area contributed by atoms with Gasteiger partial charge in [-0.15, -0.1) is 0 Å². The monoisotopic (exact) mass is 270 g/mol. The van der Waals surface area contributed by atoms with Crippen molar-refractivity contribution < 1.29 is 9.90 Å². The van der Waals surface area contributed by atoms with Gasteiger partial charge in [0.15, 0.2) is 0 Å². The molecule has 104 valence electrons. The van der Waals surface area contributed by atoms with Gasteiger partial charge in [-0.25, -0.2) is 4.79 Å². The van der Waals surface area contributed by atoms with Crippen molar-refractivity contribution in [3.05, 3.63) is 53.6 Å². The number of para-hydroxylation sites is 2. The van der Waals surface area contributed by atoms with Gasteiger partial charge < -0.3 is 16.2 Å². The highest BCUT2D eigenvalue weighted by Gasteiger charge is 2.11. The summed E-state index contributed by atoms with van der Waals surface area (Å²) in [5.74, 6) is -1.02. The zero-order chi connectivity index (χ0) is 14.5. The van der Waals surface area contributed by atoms with E-state index in [4.69, 9.17) is 10.8 Å².